The number of amides is 2. The normalized spacial score (nSPS) is 12.1. The number of carbonyl (C=O) groups excluding carboxylic acids is 2. The number of rotatable bonds is 8. The van der Waals surface area contributed by atoms with Crippen molar-refractivity contribution in [2.24, 2.45) is 15.6 Å². The standard InChI is InChI=1S/C23H27N5O6/c1-14(29)21(27-26-18-11-10-15(28(32)33)12-19(18)34-5)22(31)25-17-9-7-6-8-16(17)24-20(30)13-23(2,3)4/h6-12,29H,13H2,1-5H3,(H,24,30)(H,25,31). The van der Waals surface area contributed by atoms with Gasteiger partial charge in [-0.15, -0.1) is 10.2 Å². The van der Waals surface area contributed by atoms with Crippen LogP contribution in [-0.4, -0.2) is 29.0 Å². The number of hydrogen-bond donors (Lipinski definition) is 3. The van der Waals surface area contributed by atoms with Gasteiger partial charge in [-0.1, -0.05) is 32.9 Å². The van der Waals surface area contributed by atoms with Crippen molar-refractivity contribution in [2.75, 3.05) is 17.7 Å². The summed E-state index contributed by atoms with van der Waals surface area (Å²) in [6.07, 6.45) is 0.279. The number of nitro groups is 1. The lowest BCUT2D eigenvalue weighted by molar-refractivity contribution is -0.384. The molecule has 2 aromatic rings. The van der Waals surface area contributed by atoms with E-state index in [0.29, 0.717) is 11.4 Å². The van der Waals surface area contributed by atoms with Crippen molar-refractivity contribution in [3.05, 3.63) is 64.0 Å². The molecule has 0 fully saturated rings. The zero-order valence-electron chi connectivity index (χ0n) is 19.6. The third kappa shape index (κ3) is 7.40. The van der Waals surface area contributed by atoms with E-state index in [1.165, 1.54) is 32.2 Å². The summed E-state index contributed by atoms with van der Waals surface area (Å²) in [4.78, 5) is 35.5. The number of benzene rings is 2. The Balaban J connectivity index is 2.26. The lowest BCUT2D eigenvalue weighted by atomic mass is 9.92. The van der Waals surface area contributed by atoms with Crippen LogP contribution in [0.25, 0.3) is 0 Å². The van der Waals surface area contributed by atoms with Crippen LogP contribution in [-0.2, 0) is 9.59 Å². The number of hydrogen-bond acceptors (Lipinski definition) is 8. The zero-order valence-corrected chi connectivity index (χ0v) is 19.6. The van der Waals surface area contributed by atoms with Gasteiger partial charge >= 0.3 is 0 Å². The number of methoxy groups -OCH3 is 1. The van der Waals surface area contributed by atoms with Gasteiger partial charge in [-0.25, -0.2) is 0 Å². The van der Waals surface area contributed by atoms with E-state index in [2.05, 4.69) is 20.9 Å². The molecule has 0 saturated carbocycles. The molecular formula is C23H27N5O6. The number of allylic oxidation sites excluding steroid dienone is 1. The Morgan fingerprint density at radius 1 is 1.12 bits per heavy atom. The van der Waals surface area contributed by atoms with Gasteiger partial charge in [0.2, 0.25) is 5.91 Å². The third-order valence-corrected chi connectivity index (χ3v) is 4.33. The Hall–Kier alpha value is -4.28. The molecule has 0 radical (unpaired) electrons. The first kappa shape index (κ1) is 26.0. The highest BCUT2D eigenvalue weighted by atomic mass is 16.6. The molecule has 0 aliphatic heterocycles. The van der Waals surface area contributed by atoms with Crippen LogP contribution in [0, 0.1) is 15.5 Å². The van der Waals surface area contributed by atoms with Crippen LogP contribution in [0.3, 0.4) is 0 Å². The lowest BCUT2D eigenvalue weighted by Crippen LogP contribution is -2.21. The minimum absolute atomic E-state index is 0.0696. The average molecular weight is 469 g/mol. The summed E-state index contributed by atoms with van der Waals surface area (Å²) >= 11 is 0. The second-order valence-corrected chi connectivity index (χ2v) is 8.53. The van der Waals surface area contributed by atoms with Gasteiger partial charge < -0.3 is 20.5 Å². The summed E-state index contributed by atoms with van der Waals surface area (Å²) < 4.78 is 5.09. The van der Waals surface area contributed by atoms with Crippen molar-refractivity contribution in [3.63, 3.8) is 0 Å². The third-order valence-electron chi connectivity index (χ3n) is 4.33. The lowest BCUT2D eigenvalue weighted by Gasteiger charge is -2.18. The number of carbonyl (C=O) groups is 2. The van der Waals surface area contributed by atoms with Gasteiger partial charge in [0.1, 0.15) is 11.4 Å². The maximum atomic E-state index is 12.8. The predicted octanol–water partition coefficient (Wildman–Crippen LogP) is 5.49. The molecule has 34 heavy (non-hydrogen) atoms. The molecule has 2 aromatic carbocycles. The Bertz CT molecular complexity index is 1150. The number of nitrogens with zero attached hydrogens (tertiary/aromatic N) is 3. The Labute approximate surface area is 196 Å². The van der Waals surface area contributed by atoms with Crippen molar-refractivity contribution < 1.29 is 24.4 Å². The SMILES string of the molecule is COc1cc([N+](=O)[O-])ccc1N=NC(C(=O)Nc1ccccc1NC(=O)CC(C)(C)C)=C(C)O. The van der Waals surface area contributed by atoms with Crippen LogP contribution in [0.4, 0.5) is 22.7 Å². The number of nitro benzene ring substituents is 1. The van der Waals surface area contributed by atoms with Crippen LogP contribution in [0.1, 0.15) is 34.1 Å². The monoisotopic (exact) mass is 469 g/mol. The molecule has 0 aliphatic rings. The number of aliphatic hydroxyl groups excluding tert-OH is 1. The topological polar surface area (TPSA) is 156 Å². The fraction of sp³-hybridized carbons (Fsp3) is 0.304. The van der Waals surface area contributed by atoms with E-state index in [1.54, 1.807) is 24.3 Å². The molecule has 0 unspecified atom stereocenters. The molecule has 0 aromatic heterocycles. The van der Waals surface area contributed by atoms with Gasteiger partial charge in [-0.05, 0) is 30.5 Å². The summed E-state index contributed by atoms with van der Waals surface area (Å²) in [5, 5.41) is 34.0. The van der Waals surface area contributed by atoms with Crippen molar-refractivity contribution in [2.45, 2.75) is 34.1 Å². The van der Waals surface area contributed by atoms with Gasteiger partial charge in [-0.2, -0.15) is 0 Å². The highest BCUT2D eigenvalue weighted by molar-refractivity contribution is 6.06. The molecule has 2 amide bonds. The van der Waals surface area contributed by atoms with Gasteiger partial charge in [0.05, 0.1) is 29.5 Å². The van der Waals surface area contributed by atoms with Crippen LogP contribution in [0.15, 0.2) is 64.1 Å². The number of aliphatic hydroxyl groups is 1. The van der Waals surface area contributed by atoms with Crippen LogP contribution >= 0.6 is 0 Å². The van der Waals surface area contributed by atoms with Gasteiger partial charge in [0.25, 0.3) is 11.6 Å². The molecule has 3 N–H and O–H groups in total. The summed E-state index contributed by atoms with van der Waals surface area (Å²) in [5.41, 5.74) is -0.00462. The largest absolute Gasteiger partial charge is 0.510 e. The van der Waals surface area contributed by atoms with Crippen molar-refractivity contribution in [1.29, 1.82) is 0 Å². The average Bonchev–Trinajstić information content (AvgIpc) is 2.73. The van der Waals surface area contributed by atoms with E-state index in [1.807, 2.05) is 20.8 Å². The van der Waals surface area contributed by atoms with E-state index in [-0.39, 0.29) is 34.9 Å². The van der Waals surface area contributed by atoms with Gasteiger partial charge in [0.15, 0.2) is 11.4 Å². The molecule has 0 atom stereocenters. The van der Waals surface area contributed by atoms with Gasteiger partial charge in [0, 0.05) is 12.5 Å². The molecule has 0 saturated heterocycles. The predicted molar refractivity (Wildman–Crippen MR) is 127 cm³/mol. The summed E-state index contributed by atoms with van der Waals surface area (Å²) in [7, 11) is 1.31. The number of non-ortho nitro benzene ring substituents is 1. The fourth-order valence-corrected chi connectivity index (χ4v) is 2.81. The molecule has 0 bridgehead atoms. The smallest absolute Gasteiger partial charge is 0.279 e. The number of para-hydroxylation sites is 2. The Kier molecular flexibility index (Phi) is 8.43. The van der Waals surface area contributed by atoms with E-state index < -0.39 is 22.3 Å². The van der Waals surface area contributed by atoms with Crippen molar-refractivity contribution >= 4 is 34.6 Å². The molecule has 11 heteroatoms. The first-order valence-electron chi connectivity index (χ1n) is 10.3. The highest BCUT2D eigenvalue weighted by Crippen LogP contribution is 2.32. The number of anilines is 2. The number of azo groups is 1. The number of ether oxygens (including phenoxy) is 1. The first-order valence-corrected chi connectivity index (χ1v) is 10.3. The van der Waals surface area contributed by atoms with Crippen molar-refractivity contribution in [3.8, 4) is 5.75 Å². The van der Waals surface area contributed by atoms with Crippen LogP contribution in [0.2, 0.25) is 0 Å². The second kappa shape index (κ2) is 11.0. The summed E-state index contributed by atoms with van der Waals surface area (Å²) in [6, 6.07) is 10.3. The molecule has 2 rings (SSSR count). The summed E-state index contributed by atoms with van der Waals surface area (Å²) in [5.74, 6) is -1.33. The second-order valence-electron chi connectivity index (χ2n) is 8.53. The molecule has 0 aliphatic carbocycles. The molecule has 11 nitrogen and oxygen atoms in total. The zero-order chi connectivity index (χ0) is 25.5. The maximum Gasteiger partial charge on any atom is 0.279 e. The maximum absolute atomic E-state index is 12.8. The Morgan fingerprint density at radius 2 is 1.74 bits per heavy atom. The Morgan fingerprint density at radius 3 is 2.26 bits per heavy atom. The fourth-order valence-electron chi connectivity index (χ4n) is 2.81. The van der Waals surface area contributed by atoms with E-state index in [0.717, 1.165) is 0 Å². The van der Waals surface area contributed by atoms with E-state index in [4.69, 9.17) is 4.74 Å². The summed E-state index contributed by atoms with van der Waals surface area (Å²) in [6.45, 7) is 7.07. The molecular weight excluding hydrogens is 442 g/mol. The van der Waals surface area contributed by atoms with Crippen LogP contribution < -0.4 is 15.4 Å². The minimum atomic E-state index is -0.776. The van der Waals surface area contributed by atoms with Gasteiger partial charge in [-0.3, -0.25) is 19.7 Å². The van der Waals surface area contributed by atoms with Crippen molar-refractivity contribution in [1.82, 2.24) is 0 Å². The highest BCUT2D eigenvalue weighted by Gasteiger charge is 2.19. The molecule has 180 valence electrons. The van der Waals surface area contributed by atoms with E-state index in [9.17, 15) is 24.8 Å². The molecule has 0 spiro atoms. The first-order chi connectivity index (χ1) is 15.9. The minimum Gasteiger partial charge on any atom is -0.510 e. The quantitative estimate of drug-likeness (QED) is 0.153. The molecule has 0 heterocycles. The number of nitrogens with one attached hydrogen (secondary N) is 2. The van der Waals surface area contributed by atoms with Crippen LogP contribution in [0.5, 0.6) is 5.75 Å². The van der Waals surface area contributed by atoms with E-state index >= 15 is 0 Å².